The number of aryl methyl sites for hydroxylation is 1. The molecule has 0 fully saturated rings. The molecule has 0 aromatic carbocycles. The van der Waals surface area contributed by atoms with Crippen molar-refractivity contribution in [2.45, 2.75) is 52.7 Å². The van der Waals surface area contributed by atoms with Crippen LogP contribution in [0.5, 0.6) is 0 Å². The first-order valence-electron chi connectivity index (χ1n) is 7.18. The van der Waals surface area contributed by atoms with E-state index in [-0.39, 0.29) is 0 Å². The molecule has 1 N–H and O–H groups in total. The van der Waals surface area contributed by atoms with Gasteiger partial charge in [-0.25, -0.2) is 4.98 Å². The van der Waals surface area contributed by atoms with Gasteiger partial charge >= 0.3 is 0 Å². The monoisotopic (exact) mass is 292 g/mol. The van der Waals surface area contributed by atoms with Crippen LogP contribution in [0.1, 0.15) is 39.0 Å². The van der Waals surface area contributed by atoms with Crippen LogP contribution < -0.4 is 0 Å². The molecule has 0 aliphatic rings. The van der Waals surface area contributed by atoms with Crippen molar-refractivity contribution < 1.29 is 5.11 Å². The molecule has 110 valence electrons. The van der Waals surface area contributed by atoms with Crippen molar-refractivity contribution in [3.05, 3.63) is 29.4 Å². The molecule has 2 rings (SSSR count). The second-order valence-electron chi connectivity index (χ2n) is 6.37. The summed E-state index contributed by atoms with van der Waals surface area (Å²) >= 11 is 1.82. The molecule has 0 saturated carbocycles. The van der Waals surface area contributed by atoms with Crippen LogP contribution in [0.2, 0.25) is 0 Å². The van der Waals surface area contributed by atoms with E-state index in [4.69, 9.17) is 0 Å². The molecule has 0 unspecified atom stereocenters. The Balaban J connectivity index is 2.13. The van der Waals surface area contributed by atoms with E-state index in [0.717, 1.165) is 25.2 Å². The third-order valence-electron chi connectivity index (χ3n) is 3.17. The molecule has 20 heavy (non-hydrogen) atoms. The van der Waals surface area contributed by atoms with Crippen LogP contribution in [-0.2, 0) is 13.0 Å². The van der Waals surface area contributed by atoms with Crippen molar-refractivity contribution in [3.63, 3.8) is 0 Å². The maximum Gasteiger partial charge on any atom is 0.149 e. The highest BCUT2D eigenvalue weighted by atomic mass is 32.1. The zero-order valence-electron chi connectivity index (χ0n) is 12.8. The third-order valence-corrected chi connectivity index (χ3v) is 4.27. The van der Waals surface area contributed by atoms with E-state index in [0.29, 0.717) is 5.92 Å². The first-order valence-corrected chi connectivity index (χ1v) is 7.99. The van der Waals surface area contributed by atoms with Gasteiger partial charge in [-0.1, -0.05) is 13.8 Å². The molecular formula is C16H24N2OS. The van der Waals surface area contributed by atoms with Gasteiger partial charge < -0.3 is 9.67 Å². The minimum absolute atomic E-state index is 0.639. The quantitative estimate of drug-likeness (QED) is 0.874. The van der Waals surface area contributed by atoms with Gasteiger partial charge in [0.2, 0.25) is 0 Å². The molecule has 0 spiro atoms. The summed E-state index contributed by atoms with van der Waals surface area (Å²) in [6.07, 6.45) is 5.67. The normalized spacial score (nSPS) is 12.3. The van der Waals surface area contributed by atoms with Gasteiger partial charge in [0, 0.05) is 23.8 Å². The van der Waals surface area contributed by atoms with Crippen LogP contribution in [0.3, 0.4) is 0 Å². The van der Waals surface area contributed by atoms with E-state index >= 15 is 0 Å². The van der Waals surface area contributed by atoms with Gasteiger partial charge in [-0.15, -0.1) is 11.3 Å². The molecule has 0 atom stereocenters. The van der Waals surface area contributed by atoms with E-state index in [1.807, 2.05) is 37.6 Å². The van der Waals surface area contributed by atoms with Crippen LogP contribution in [0.4, 0.5) is 0 Å². The average Bonchev–Trinajstić information content (AvgIpc) is 2.92. The van der Waals surface area contributed by atoms with Crippen molar-refractivity contribution in [1.29, 1.82) is 0 Å². The van der Waals surface area contributed by atoms with Crippen molar-refractivity contribution >= 4 is 11.3 Å². The fourth-order valence-electron chi connectivity index (χ4n) is 2.12. The summed E-state index contributed by atoms with van der Waals surface area (Å²) in [4.78, 5) is 7.09. The lowest BCUT2D eigenvalue weighted by molar-refractivity contribution is 0.0663. The van der Waals surface area contributed by atoms with Crippen molar-refractivity contribution in [1.82, 2.24) is 9.55 Å². The molecule has 2 aromatic rings. The molecule has 0 radical (unpaired) electrons. The maximum atomic E-state index is 9.85. The number of aromatic nitrogens is 2. The molecular weight excluding hydrogens is 268 g/mol. The zero-order valence-corrected chi connectivity index (χ0v) is 13.6. The standard InChI is InChI=1S/C16H24N2OS/c1-12(2)11-13-5-6-14(20-13)15-17-8-10-18(15)9-7-16(3,4)19/h5-6,8,10,12,19H,7,9,11H2,1-4H3. The molecule has 2 heterocycles. The van der Waals surface area contributed by atoms with Gasteiger partial charge in [0.05, 0.1) is 10.5 Å². The van der Waals surface area contributed by atoms with Crippen LogP contribution in [-0.4, -0.2) is 20.3 Å². The Bertz CT molecular complexity index is 549. The number of hydrogen-bond donors (Lipinski definition) is 1. The van der Waals surface area contributed by atoms with Gasteiger partial charge in [-0.2, -0.15) is 0 Å². The number of thiophene rings is 1. The summed E-state index contributed by atoms with van der Waals surface area (Å²) in [6.45, 7) is 8.95. The minimum atomic E-state index is -0.639. The summed E-state index contributed by atoms with van der Waals surface area (Å²) in [5.74, 6) is 1.69. The second-order valence-corrected chi connectivity index (χ2v) is 7.54. The lowest BCUT2D eigenvalue weighted by Crippen LogP contribution is -2.21. The summed E-state index contributed by atoms with van der Waals surface area (Å²) in [5.41, 5.74) is -0.639. The van der Waals surface area contributed by atoms with Gasteiger partial charge in [0.25, 0.3) is 0 Å². The fraction of sp³-hybridized carbons (Fsp3) is 0.562. The topological polar surface area (TPSA) is 38.0 Å². The molecule has 2 aromatic heterocycles. The van der Waals surface area contributed by atoms with Crippen LogP contribution in [0, 0.1) is 5.92 Å². The number of imidazole rings is 1. The SMILES string of the molecule is CC(C)Cc1ccc(-c2nccn2CCC(C)(C)O)s1. The first kappa shape index (κ1) is 15.3. The number of nitrogens with zero attached hydrogens (tertiary/aromatic N) is 2. The molecule has 0 aliphatic heterocycles. The van der Waals surface area contributed by atoms with Crippen LogP contribution in [0.15, 0.2) is 24.5 Å². The fourth-order valence-corrected chi connectivity index (χ4v) is 3.35. The van der Waals surface area contributed by atoms with E-state index in [1.54, 1.807) is 0 Å². The summed E-state index contributed by atoms with van der Waals surface area (Å²) in [5, 5.41) is 9.85. The largest absolute Gasteiger partial charge is 0.390 e. The average molecular weight is 292 g/mol. The molecule has 4 heteroatoms. The highest BCUT2D eigenvalue weighted by Crippen LogP contribution is 2.28. The highest BCUT2D eigenvalue weighted by Gasteiger charge is 2.15. The van der Waals surface area contributed by atoms with E-state index in [2.05, 4.69) is 35.5 Å². The Morgan fingerprint density at radius 2 is 2.10 bits per heavy atom. The second kappa shape index (κ2) is 6.10. The number of aliphatic hydroxyl groups is 1. The third kappa shape index (κ3) is 4.18. The zero-order chi connectivity index (χ0) is 14.8. The maximum absolute atomic E-state index is 9.85. The first-order chi connectivity index (χ1) is 9.35. The Morgan fingerprint density at radius 3 is 2.75 bits per heavy atom. The van der Waals surface area contributed by atoms with Gasteiger partial charge in [-0.3, -0.25) is 0 Å². The Labute approximate surface area is 125 Å². The van der Waals surface area contributed by atoms with E-state index in [1.165, 1.54) is 9.75 Å². The van der Waals surface area contributed by atoms with E-state index in [9.17, 15) is 5.11 Å². The Kier molecular flexibility index (Phi) is 4.66. The lowest BCUT2D eigenvalue weighted by Gasteiger charge is -2.17. The summed E-state index contributed by atoms with van der Waals surface area (Å²) in [6, 6.07) is 4.36. The molecule has 0 bridgehead atoms. The molecule has 3 nitrogen and oxygen atoms in total. The van der Waals surface area contributed by atoms with Crippen molar-refractivity contribution in [2.24, 2.45) is 5.92 Å². The lowest BCUT2D eigenvalue weighted by atomic mass is 10.1. The molecule has 0 amide bonds. The Hall–Kier alpha value is -1.13. The van der Waals surface area contributed by atoms with E-state index < -0.39 is 5.60 Å². The minimum Gasteiger partial charge on any atom is -0.390 e. The smallest absolute Gasteiger partial charge is 0.149 e. The summed E-state index contributed by atoms with van der Waals surface area (Å²) < 4.78 is 2.13. The van der Waals surface area contributed by atoms with Crippen LogP contribution in [0.25, 0.3) is 10.7 Å². The predicted octanol–water partition coefficient (Wildman–Crippen LogP) is 3.97. The Morgan fingerprint density at radius 1 is 1.35 bits per heavy atom. The summed E-state index contributed by atoms with van der Waals surface area (Å²) in [7, 11) is 0. The predicted molar refractivity (Wildman–Crippen MR) is 85.0 cm³/mol. The van der Waals surface area contributed by atoms with Crippen LogP contribution >= 0.6 is 11.3 Å². The number of hydrogen-bond acceptors (Lipinski definition) is 3. The van der Waals surface area contributed by atoms with Gasteiger partial charge in [0.15, 0.2) is 0 Å². The van der Waals surface area contributed by atoms with Crippen molar-refractivity contribution in [2.75, 3.05) is 0 Å². The molecule has 0 aliphatic carbocycles. The van der Waals surface area contributed by atoms with Gasteiger partial charge in [0.1, 0.15) is 5.82 Å². The number of rotatable bonds is 6. The highest BCUT2D eigenvalue weighted by molar-refractivity contribution is 7.15. The molecule has 0 saturated heterocycles. The van der Waals surface area contributed by atoms with Crippen molar-refractivity contribution in [3.8, 4) is 10.7 Å². The van der Waals surface area contributed by atoms with Gasteiger partial charge in [-0.05, 0) is 44.7 Å².